The van der Waals surface area contributed by atoms with Gasteiger partial charge in [0.25, 0.3) is 5.69 Å². The van der Waals surface area contributed by atoms with Crippen LogP contribution in [0.3, 0.4) is 0 Å². The molecule has 1 aromatic heterocycles. The van der Waals surface area contributed by atoms with Gasteiger partial charge in [0.1, 0.15) is 6.04 Å². The van der Waals surface area contributed by atoms with E-state index in [-0.39, 0.29) is 30.0 Å². The molecule has 1 amide bonds. The summed E-state index contributed by atoms with van der Waals surface area (Å²) in [5, 5.41) is 17.6. The number of non-ortho nitro benzene ring substituents is 1. The molecule has 1 saturated carbocycles. The molecule has 132 valence electrons. The Hall–Kier alpha value is -2.77. The highest BCUT2D eigenvalue weighted by Gasteiger charge is 2.31. The third-order valence-corrected chi connectivity index (χ3v) is 4.16. The van der Waals surface area contributed by atoms with E-state index in [1.54, 1.807) is 12.1 Å². The lowest BCUT2D eigenvalue weighted by molar-refractivity contribution is -0.384. The molecule has 25 heavy (non-hydrogen) atoms. The number of nitro groups is 1. The van der Waals surface area contributed by atoms with Crippen LogP contribution in [0.25, 0.3) is 0 Å². The lowest BCUT2D eigenvalue weighted by Crippen LogP contribution is -2.33. The molecule has 1 unspecified atom stereocenters. The quantitative estimate of drug-likeness (QED) is 0.610. The van der Waals surface area contributed by atoms with Gasteiger partial charge in [0.15, 0.2) is 5.82 Å². The van der Waals surface area contributed by atoms with Gasteiger partial charge in [0, 0.05) is 18.1 Å². The van der Waals surface area contributed by atoms with Crippen LogP contribution in [0.5, 0.6) is 0 Å². The maximum atomic E-state index is 12.3. The number of benzene rings is 1. The van der Waals surface area contributed by atoms with Gasteiger partial charge in [-0.25, -0.2) is 0 Å². The van der Waals surface area contributed by atoms with Gasteiger partial charge in [-0.1, -0.05) is 31.1 Å². The van der Waals surface area contributed by atoms with Gasteiger partial charge in [-0.3, -0.25) is 14.9 Å². The number of carbonyl (C=O) groups excluding carboxylic acids is 1. The summed E-state index contributed by atoms with van der Waals surface area (Å²) in [5.74, 6) is 1.42. The summed E-state index contributed by atoms with van der Waals surface area (Å²) in [6.07, 6.45) is 2.29. The molecule has 1 aromatic carbocycles. The van der Waals surface area contributed by atoms with Crippen molar-refractivity contribution in [3.63, 3.8) is 0 Å². The molecular weight excluding hydrogens is 324 g/mol. The summed E-state index contributed by atoms with van der Waals surface area (Å²) in [6.45, 7) is 3.94. The molecule has 2 aromatic rings. The van der Waals surface area contributed by atoms with E-state index in [2.05, 4.69) is 15.5 Å². The summed E-state index contributed by atoms with van der Waals surface area (Å²) < 4.78 is 5.33. The number of nitro benzene ring substituents is 1. The molecule has 1 fully saturated rings. The standard InChI is InChI=1S/C17H20N4O4/c1-10(2)15(17-19-16(20-25-17)12-5-6-12)18-14(22)9-11-3-7-13(8-4-11)21(23)24/h3-4,7-8,10,12,15H,5-6,9H2,1-2H3,(H,18,22). The molecule has 0 aliphatic heterocycles. The SMILES string of the molecule is CC(C)C(NC(=O)Cc1ccc([N+](=O)[O-])cc1)c1nc(C2CC2)no1. The Labute approximate surface area is 144 Å². The number of aromatic nitrogens is 2. The van der Waals surface area contributed by atoms with Crippen LogP contribution in [0.2, 0.25) is 0 Å². The smallest absolute Gasteiger partial charge is 0.269 e. The number of carbonyl (C=O) groups is 1. The van der Waals surface area contributed by atoms with Crippen LogP contribution >= 0.6 is 0 Å². The summed E-state index contributed by atoms with van der Waals surface area (Å²) in [6, 6.07) is 5.59. The van der Waals surface area contributed by atoms with Crippen molar-refractivity contribution in [3.8, 4) is 0 Å². The van der Waals surface area contributed by atoms with E-state index in [4.69, 9.17) is 4.52 Å². The van der Waals surface area contributed by atoms with E-state index in [9.17, 15) is 14.9 Å². The van der Waals surface area contributed by atoms with E-state index >= 15 is 0 Å². The normalized spacial score (nSPS) is 15.2. The second-order valence-corrected chi connectivity index (χ2v) is 6.65. The first-order valence-corrected chi connectivity index (χ1v) is 8.30. The highest BCUT2D eigenvalue weighted by atomic mass is 16.6. The Morgan fingerprint density at radius 3 is 2.60 bits per heavy atom. The second kappa shape index (κ2) is 7.00. The van der Waals surface area contributed by atoms with E-state index in [0.717, 1.165) is 12.8 Å². The van der Waals surface area contributed by atoms with Crippen LogP contribution in [-0.4, -0.2) is 21.0 Å². The van der Waals surface area contributed by atoms with Crippen molar-refractivity contribution in [2.75, 3.05) is 0 Å². The molecule has 1 aliphatic rings. The highest BCUT2D eigenvalue weighted by Crippen LogP contribution is 2.38. The van der Waals surface area contributed by atoms with Gasteiger partial charge in [0.05, 0.1) is 11.3 Å². The van der Waals surface area contributed by atoms with Crippen molar-refractivity contribution in [1.82, 2.24) is 15.5 Å². The lowest BCUT2D eigenvalue weighted by Gasteiger charge is -2.18. The number of hydrogen-bond donors (Lipinski definition) is 1. The minimum atomic E-state index is -0.467. The average Bonchev–Trinajstić information content (AvgIpc) is 3.31. The fraction of sp³-hybridized carbons (Fsp3) is 0.471. The topological polar surface area (TPSA) is 111 Å². The van der Waals surface area contributed by atoms with E-state index in [0.29, 0.717) is 23.2 Å². The summed E-state index contributed by atoms with van der Waals surface area (Å²) in [5.41, 5.74) is 0.706. The number of rotatable bonds is 7. The molecular formula is C17H20N4O4. The third kappa shape index (κ3) is 4.20. The molecule has 0 saturated heterocycles. The molecule has 1 aliphatic carbocycles. The van der Waals surface area contributed by atoms with Gasteiger partial charge >= 0.3 is 0 Å². The van der Waals surface area contributed by atoms with Crippen molar-refractivity contribution >= 4 is 11.6 Å². The Morgan fingerprint density at radius 1 is 1.36 bits per heavy atom. The average molecular weight is 344 g/mol. The number of hydrogen-bond acceptors (Lipinski definition) is 6. The largest absolute Gasteiger partial charge is 0.344 e. The van der Waals surface area contributed by atoms with Crippen molar-refractivity contribution in [2.45, 2.75) is 45.1 Å². The first-order chi connectivity index (χ1) is 11.9. The summed E-state index contributed by atoms with van der Waals surface area (Å²) in [4.78, 5) is 27.0. The minimum absolute atomic E-state index is 0.00248. The Balaban J connectivity index is 1.64. The van der Waals surface area contributed by atoms with Gasteiger partial charge in [-0.2, -0.15) is 4.98 Å². The van der Waals surface area contributed by atoms with Gasteiger partial charge in [0.2, 0.25) is 11.8 Å². The fourth-order valence-electron chi connectivity index (χ4n) is 2.54. The third-order valence-electron chi connectivity index (χ3n) is 4.16. The van der Waals surface area contributed by atoms with Crippen LogP contribution < -0.4 is 5.32 Å². The van der Waals surface area contributed by atoms with Crippen molar-refractivity contribution in [2.24, 2.45) is 5.92 Å². The predicted molar refractivity (Wildman–Crippen MR) is 88.8 cm³/mol. The van der Waals surface area contributed by atoms with Crippen LogP contribution in [0, 0.1) is 16.0 Å². The van der Waals surface area contributed by atoms with Gasteiger partial charge < -0.3 is 9.84 Å². The number of nitrogens with one attached hydrogen (secondary N) is 1. The zero-order valence-electron chi connectivity index (χ0n) is 14.1. The van der Waals surface area contributed by atoms with Crippen LogP contribution in [-0.2, 0) is 11.2 Å². The molecule has 0 bridgehead atoms. The van der Waals surface area contributed by atoms with Crippen molar-refractivity contribution in [3.05, 3.63) is 51.7 Å². The monoisotopic (exact) mass is 344 g/mol. The Bertz CT molecular complexity index is 765. The molecule has 3 rings (SSSR count). The van der Waals surface area contributed by atoms with Crippen molar-refractivity contribution in [1.29, 1.82) is 0 Å². The maximum absolute atomic E-state index is 12.3. The van der Waals surface area contributed by atoms with E-state index in [1.165, 1.54) is 12.1 Å². The summed E-state index contributed by atoms with van der Waals surface area (Å²) >= 11 is 0. The zero-order valence-corrected chi connectivity index (χ0v) is 14.1. The summed E-state index contributed by atoms with van der Waals surface area (Å²) in [7, 11) is 0. The molecule has 0 radical (unpaired) electrons. The number of amides is 1. The predicted octanol–water partition coefficient (Wildman–Crippen LogP) is 2.91. The molecule has 8 nitrogen and oxygen atoms in total. The number of nitrogens with zero attached hydrogens (tertiary/aromatic N) is 3. The van der Waals surface area contributed by atoms with E-state index < -0.39 is 4.92 Å². The van der Waals surface area contributed by atoms with Crippen LogP contribution in [0.4, 0.5) is 5.69 Å². The zero-order chi connectivity index (χ0) is 18.0. The second-order valence-electron chi connectivity index (χ2n) is 6.65. The first kappa shape index (κ1) is 17.1. The van der Waals surface area contributed by atoms with Crippen LogP contribution in [0.15, 0.2) is 28.8 Å². The fourth-order valence-corrected chi connectivity index (χ4v) is 2.54. The molecule has 8 heteroatoms. The first-order valence-electron chi connectivity index (χ1n) is 8.30. The maximum Gasteiger partial charge on any atom is 0.269 e. The minimum Gasteiger partial charge on any atom is -0.344 e. The Morgan fingerprint density at radius 2 is 2.04 bits per heavy atom. The molecule has 1 atom stereocenters. The lowest BCUT2D eigenvalue weighted by atomic mass is 10.0. The van der Waals surface area contributed by atoms with Gasteiger partial charge in [-0.05, 0) is 24.3 Å². The highest BCUT2D eigenvalue weighted by molar-refractivity contribution is 5.79. The molecule has 1 heterocycles. The van der Waals surface area contributed by atoms with Gasteiger partial charge in [-0.15, -0.1) is 0 Å². The van der Waals surface area contributed by atoms with Crippen LogP contribution in [0.1, 0.15) is 55.9 Å². The van der Waals surface area contributed by atoms with Crippen molar-refractivity contribution < 1.29 is 14.2 Å². The Kier molecular flexibility index (Phi) is 4.78. The van der Waals surface area contributed by atoms with E-state index in [1.807, 2.05) is 13.8 Å². The molecule has 0 spiro atoms. The molecule has 1 N–H and O–H groups in total.